The van der Waals surface area contributed by atoms with E-state index in [1.54, 1.807) is 17.7 Å². The molecular weight excluding hydrogens is 316 g/mol. The van der Waals surface area contributed by atoms with Crippen LogP contribution in [0.15, 0.2) is 60.9 Å². The minimum atomic E-state index is 0.749. The van der Waals surface area contributed by atoms with Crippen molar-refractivity contribution in [3.63, 3.8) is 0 Å². The molecule has 2 aromatic heterocycles. The molecule has 4 nitrogen and oxygen atoms in total. The van der Waals surface area contributed by atoms with E-state index in [1.165, 1.54) is 10.3 Å². The minimum Gasteiger partial charge on any atom is -0.316 e. The van der Waals surface area contributed by atoms with Gasteiger partial charge in [0.15, 0.2) is 5.13 Å². The Bertz CT molecular complexity index is 979. The Morgan fingerprint density at radius 2 is 1.88 bits per heavy atom. The standard InChI is InChI=1S/C19H16N4S/c1-2-13-8-9-15-17(10-13)24-19(22-15)23-18-11-16(20-12-21-18)14-6-4-3-5-7-14/h3-12H,2H2,1H3,(H,20,21,22,23). The van der Waals surface area contributed by atoms with Gasteiger partial charge in [0, 0.05) is 11.6 Å². The fraction of sp³-hybridized carbons (Fsp3) is 0.105. The van der Waals surface area contributed by atoms with Gasteiger partial charge in [0.2, 0.25) is 0 Å². The summed E-state index contributed by atoms with van der Waals surface area (Å²) in [5, 5.41) is 4.14. The van der Waals surface area contributed by atoms with Crippen LogP contribution in [0.1, 0.15) is 12.5 Å². The lowest BCUT2D eigenvalue weighted by molar-refractivity contribution is 1.15. The molecule has 24 heavy (non-hydrogen) atoms. The molecule has 0 atom stereocenters. The lowest BCUT2D eigenvalue weighted by Gasteiger charge is -2.04. The average Bonchev–Trinajstić information content (AvgIpc) is 3.04. The highest BCUT2D eigenvalue weighted by Crippen LogP contribution is 2.29. The number of aromatic nitrogens is 3. The van der Waals surface area contributed by atoms with Crippen molar-refractivity contribution in [2.75, 3.05) is 5.32 Å². The van der Waals surface area contributed by atoms with Gasteiger partial charge >= 0.3 is 0 Å². The van der Waals surface area contributed by atoms with Gasteiger partial charge in [-0.3, -0.25) is 0 Å². The van der Waals surface area contributed by atoms with Crippen LogP contribution in [0.2, 0.25) is 0 Å². The molecule has 4 rings (SSSR count). The number of aryl methyl sites for hydroxylation is 1. The molecule has 0 radical (unpaired) electrons. The van der Waals surface area contributed by atoms with Gasteiger partial charge in [-0.15, -0.1) is 0 Å². The minimum absolute atomic E-state index is 0.749. The molecule has 0 unspecified atom stereocenters. The third-order valence-corrected chi connectivity index (χ3v) is 4.77. The molecule has 2 aromatic carbocycles. The Morgan fingerprint density at radius 3 is 2.71 bits per heavy atom. The topological polar surface area (TPSA) is 50.7 Å². The summed E-state index contributed by atoms with van der Waals surface area (Å²) < 4.78 is 1.19. The van der Waals surface area contributed by atoms with E-state index < -0.39 is 0 Å². The predicted molar refractivity (Wildman–Crippen MR) is 99.7 cm³/mol. The van der Waals surface area contributed by atoms with E-state index in [1.807, 2.05) is 36.4 Å². The van der Waals surface area contributed by atoms with Gasteiger partial charge in [0.25, 0.3) is 0 Å². The zero-order chi connectivity index (χ0) is 16.4. The molecule has 0 saturated heterocycles. The van der Waals surface area contributed by atoms with Crippen LogP contribution in [-0.2, 0) is 6.42 Å². The molecule has 0 fully saturated rings. The largest absolute Gasteiger partial charge is 0.316 e. The zero-order valence-electron chi connectivity index (χ0n) is 13.2. The highest BCUT2D eigenvalue weighted by Gasteiger charge is 2.07. The summed E-state index contributed by atoms with van der Waals surface area (Å²) in [5.41, 5.74) is 4.30. The smallest absolute Gasteiger partial charge is 0.189 e. The van der Waals surface area contributed by atoms with Gasteiger partial charge in [-0.25, -0.2) is 15.0 Å². The van der Waals surface area contributed by atoms with Crippen LogP contribution in [-0.4, -0.2) is 15.0 Å². The van der Waals surface area contributed by atoms with Crippen LogP contribution in [0.4, 0.5) is 10.9 Å². The average molecular weight is 332 g/mol. The van der Waals surface area contributed by atoms with E-state index >= 15 is 0 Å². The molecule has 0 bridgehead atoms. The van der Waals surface area contributed by atoms with Gasteiger partial charge in [0.1, 0.15) is 12.1 Å². The van der Waals surface area contributed by atoms with E-state index in [4.69, 9.17) is 0 Å². The fourth-order valence-corrected chi connectivity index (χ4v) is 3.48. The molecule has 118 valence electrons. The number of hydrogen-bond acceptors (Lipinski definition) is 5. The predicted octanol–water partition coefficient (Wildman–Crippen LogP) is 5.06. The van der Waals surface area contributed by atoms with Crippen LogP contribution in [0.3, 0.4) is 0 Å². The molecule has 4 aromatic rings. The summed E-state index contributed by atoms with van der Waals surface area (Å²) in [5.74, 6) is 0.749. The molecular formula is C19H16N4S. The van der Waals surface area contributed by atoms with Crippen molar-refractivity contribution in [3.8, 4) is 11.3 Å². The fourth-order valence-electron chi connectivity index (χ4n) is 2.54. The second-order valence-corrected chi connectivity index (χ2v) is 6.48. The van der Waals surface area contributed by atoms with E-state index in [-0.39, 0.29) is 0 Å². The second-order valence-electron chi connectivity index (χ2n) is 5.45. The first kappa shape index (κ1) is 14.8. The van der Waals surface area contributed by atoms with Crippen molar-refractivity contribution in [2.45, 2.75) is 13.3 Å². The van der Waals surface area contributed by atoms with Gasteiger partial charge in [0.05, 0.1) is 15.9 Å². The Morgan fingerprint density at radius 1 is 1.00 bits per heavy atom. The van der Waals surface area contributed by atoms with Crippen LogP contribution in [0.5, 0.6) is 0 Å². The summed E-state index contributed by atoms with van der Waals surface area (Å²) in [6.45, 7) is 2.16. The second kappa shape index (κ2) is 6.37. The van der Waals surface area contributed by atoms with Crippen molar-refractivity contribution in [3.05, 3.63) is 66.5 Å². The van der Waals surface area contributed by atoms with Gasteiger partial charge in [-0.2, -0.15) is 0 Å². The SMILES string of the molecule is CCc1ccc2nc(Nc3cc(-c4ccccc4)ncn3)sc2c1. The number of nitrogens with one attached hydrogen (secondary N) is 1. The maximum atomic E-state index is 4.63. The zero-order valence-corrected chi connectivity index (χ0v) is 14.0. The first-order valence-electron chi connectivity index (χ1n) is 7.86. The molecule has 2 heterocycles. The maximum Gasteiger partial charge on any atom is 0.189 e. The monoisotopic (exact) mass is 332 g/mol. The first-order valence-corrected chi connectivity index (χ1v) is 8.67. The van der Waals surface area contributed by atoms with Crippen molar-refractivity contribution in [2.24, 2.45) is 0 Å². The molecule has 0 aliphatic carbocycles. The molecule has 5 heteroatoms. The van der Waals surface area contributed by atoms with Crippen molar-refractivity contribution >= 4 is 32.5 Å². The van der Waals surface area contributed by atoms with E-state index in [0.29, 0.717) is 0 Å². The van der Waals surface area contributed by atoms with Crippen molar-refractivity contribution < 1.29 is 0 Å². The van der Waals surface area contributed by atoms with Gasteiger partial charge in [-0.1, -0.05) is 54.7 Å². The Hall–Kier alpha value is -2.79. The third-order valence-electron chi connectivity index (χ3n) is 3.83. The molecule has 0 spiro atoms. The number of benzene rings is 2. The molecule has 0 aliphatic rings. The summed E-state index contributed by atoms with van der Waals surface area (Å²) in [6.07, 6.45) is 2.61. The molecule has 1 N–H and O–H groups in total. The molecule has 0 amide bonds. The van der Waals surface area contributed by atoms with Crippen LogP contribution >= 0.6 is 11.3 Å². The summed E-state index contributed by atoms with van der Waals surface area (Å²) in [7, 11) is 0. The number of fused-ring (bicyclic) bond motifs is 1. The first-order chi connectivity index (χ1) is 11.8. The summed E-state index contributed by atoms with van der Waals surface area (Å²) >= 11 is 1.64. The third kappa shape index (κ3) is 2.98. The van der Waals surface area contributed by atoms with E-state index in [9.17, 15) is 0 Å². The normalized spacial score (nSPS) is 10.9. The number of nitrogens with zero attached hydrogens (tertiary/aromatic N) is 3. The number of thiazole rings is 1. The number of rotatable bonds is 4. The lowest BCUT2D eigenvalue weighted by Crippen LogP contribution is -1.94. The highest BCUT2D eigenvalue weighted by atomic mass is 32.1. The number of hydrogen-bond donors (Lipinski definition) is 1. The molecule has 0 saturated carbocycles. The van der Waals surface area contributed by atoms with Crippen LogP contribution < -0.4 is 5.32 Å². The van der Waals surface area contributed by atoms with E-state index in [2.05, 4.69) is 45.4 Å². The Labute approximate surface area is 144 Å². The van der Waals surface area contributed by atoms with Crippen molar-refractivity contribution in [1.29, 1.82) is 0 Å². The molecule has 0 aliphatic heterocycles. The maximum absolute atomic E-state index is 4.63. The van der Waals surface area contributed by atoms with Crippen LogP contribution in [0, 0.1) is 0 Å². The Balaban J connectivity index is 1.63. The summed E-state index contributed by atoms with van der Waals surface area (Å²) in [6, 6.07) is 18.4. The van der Waals surface area contributed by atoms with Crippen LogP contribution in [0.25, 0.3) is 21.5 Å². The quantitative estimate of drug-likeness (QED) is 0.567. The number of anilines is 2. The lowest BCUT2D eigenvalue weighted by atomic mass is 10.1. The summed E-state index contributed by atoms with van der Waals surface area (Å²) in [4.78, 5) is 13.3. The highest BCUT2D eigenvalue weighted by molar-refractivity contribution is 7.22. The Kier molecular flexibility index (Phi) is 3.92. The van der Waals surface area contributed by atoms with Gasteiger partial charge in [-0.05, 0) is 24.1 Å². The van der Waals surface area contributed by atoms with Crippen molar-refractivity contribution in [1.82, 2.24) is 15.0 Å². The van der Waals surface area contributed by atoms with Gasteiger partial charge < -0.3 is 5.32 Å². The van der Waals surface area contributed by atoms with E-state index in [0.717, 1.165) is 34.1 Å².